The van der Waals surface area contributed by atoms with Gasteiger partial charge in [0.1, 0.15) is 11.9 Å². The van der Waals surface area contributed by atoms with E-state index in [0.29, 0.717) is 48.5 Å². The zero-order valence-corrected chi connectivity index (χ0v) is 18.3. The molecule has 2 heterocycles. The zero-order chi connectivity index (χ0) is 22.7. The number of para-hydroxylation sites is 1. The minimum Gasteiger partial charge on any atom is -0.368 e. The summed E-state index contributed by atoms with van der Waals surface area (Å²) in [6.07, 6.45) is 0.145. The number of halogens is 1. The number of amides is 2. The van der Waals surface area contributed by atoms with E-state index in [-0.39, 0.29) is 24.1 Å². The third-order valence-electron chi connectivity index (χ3n) is 5.69. The Labute approximate surface area is 186 Å². The van der Waals surface area contributed by atoms with Crippen LogP contribution in [0.3, 0.4) is 0 Å². The van der Waals surface area contributed by atoms with Crippen LogP contribution in [0.25, 0.3) is 10.9 Å². The van der Waals surface area contributed by atoms with E-state index in [1.54, 1.807) is 43.3 Å². The summed E-state index contributed by atoms with van der Waals surface area (Å²) in [6, 6.07) is 15.8. The van der Waals surface area contributed by atoms with Gasteiger partial charge in [-0.15, -0.1) is 0 Å². The molecule has 2 aromatic carbocycles. The van der Waals surface area contributed by atoms with Crippen LogP contribution in [0.15, 0.2) is 54.6 Å². The van der Waals surface area contributed by atoms with Crippen molar-refractivity contribution < 1.29 is 18.7 Å². The molecule has 1 saturated heterocycles. The van der Waals surface area contributed by atoms with Gasteiger partial charge in [0, 0.05) is 32.4 Å². The predicted molar refractivity (Wildman–Crippen MR) is 120 cm³/mol. The second-order valence-corrected chi connectivity index (χ2v) is 8.10. The van der Waals surface area contributed by atoms with E-state index in [1.807, 2.05) is 24.3 Å². The summed E-state index contributed by atoms with van der Waals surface area (Å²) in [7, 11) is 3.43. The topological polar surface area (TPSA) is 62.7 Å². The molecule has 0 saturated carbocycles. The SMILES string of the molecule is CN(C)C(=O)c1cc([C@H]2CN(C(=O)CCc3ccccc3F)CCO2)nc2ccccc12. The van der Waals surface area contributed by atoms with E-state index >= 15 is 0 Å². The van der Waals surface area contributed by atoms with Gasteiger partial charge in [0.05, 0.1) is 29.9 Å². The molecule has 32 heavy (non-hydrogen) atoms. The summed E-state index contributed by atoms with van der Waals surface area (Å²) in [5, 5.41) is 0.781. The lowest BCUT2D eigenvalue weighted by atomic mass is 10.0. The molecule has 4 rings (SSSR count). The molecular weight excluding hydrogens is 409 g/mol. The highest BCUT2D eigenvalue weighted by atomic mass is 19.1. The van der Waals surface area contributed by atoms with Crippen LogP contribution in [0.5, 0.6) is 0 Å². The van der Waals surface area contributed by atoms with Gasteiger partial charge >= 0.3 is 0 Å². The van der Waals surface area contributed by atoms with Gasteiger partial charge in [-0.3, -0.25) is 9.59 Å². The number of ether oxygens (including phenoxy) is 1. The molecular formula is C25H26FN3O3. The quantitative estimate of drug-likeness (QED) is 0.614. The molecule has 0 radical (unpaired) electrons. The van der Waals surface area contributed by atoms with Crippen LogP contribution in [0, 0.1) is 5.82 Å². The molecule has 0 aliphatic carbocycles. The molecule has 0 unspecified atom stereocenters. The lowest BCUT2D eigenvalue weighted by Gasteiger charge is -2.33. The van der Waals surface area contributed by atoms with Crippen molar-refractivity contribution in [2.24, 2.45) is 0 Å². The number of carbonyl (C=O) groups excluding carboxylic acids is 2. The molecule has 1 aromatic heterocycles. The summed E-state index contributed by atoms with van der Waals surface area (Å²) in [6.45, 7) is 1.20. The highest BCUT2D eigenvalue weighted by Gasteiger charge is 2.28. The van der Waals surface area contributed by atoms with Crippen molar-refractivity contribution in [3.63, 3.8) is 0 Å². The minimum absolute atomic E-state index is 0.0491. The van der Waals surface area contributed by atoms with Crippen molar-refractivity contribution in [1.29, 1.82) is 0 Å². The highest BCUT2D eigenvalue weighted by Crippen LogP contribution is 2.27. The van der Waals surface area contributed by atoms with E-state index in [1.165, 1.54) is 11.0 Å². The molecule has 1 aliphatic rings. The molecule has 1 fully saturated rings. The van der Waals surface area contributed by atoms with Crippen LogP contribution in [0.1, 0.15) is 34.1 Å². The number of rotatable bonds is 5. The van der Waals surface area contributed by atoms with E-state index in [2.05, 4.69) is 0 Å². The molecule has 166 valence electrons. The monoisotopic (exact) mass is 435 g/mol. The molecule has 1 atom stereocenters. The second-order valence-electron chi connectivity index (χ2n) is 8.10. The molecule has 0 bridgehead atoms. The molecule has 2 amide bonds. The molecule has 6 nitrogen and oxygen atoms in total. The third kappa shape index (κ3) is 4.62. The lowest BCUT2D eigenvalue weighted by Crippen LogP contribution is -2.42. The first-order chi connectivity index (χ1) is 15.4. The molecule has 0 spiro atoms. The van der Waals surface area contributed by atoms with Crippen molar-refractivity contribution in [3.8, 4) is 0 Å². The zero-order valence-electron chi connectivity index (χ0n) is 18.3. The van der Waals surface area contributed by atoms with Gasteiger partial charge in [0.25, 0.3) is 5.91 Å². The smallest absolute Gasteiger partial charge is 0.254 e. The van der Waals surface area contributed by atoms with E-state index < -0.39 is 6.10 Å². The van der Waals surface area contributed by atoms with Crippen molar-refractivity contribution in [1.82, 2.24) is 14.8 Å². The maximum Gasteiger partial charge on any atom is 0.254 e. The van der Waals surface area contributed by atoms with Gasteiger partial charge in [0.2, 0.25) is 5.91 Å². The van der Waals surface area contributed by atoms with Gasteiger partial charge in [-0.25, -0.2) is 9.37 Å². The molecule has 3 aromatic rings. The first kappa shape index (κ1) is 21.9. The first-order valence-corrected chi connectivity index (χ1v) is 10.7. The van der Waals surface area contributed by atoms with Crippen LogP contribution < -0.4 is 0 Å². The third-order valence-corrected chi connectivity index (χ3v) is 5.69. The number of aryl methyl sites for hydroxylation is 1. The summed E-state index contributed by atoms with van der Waals surface area (Å²) < 4.78 is 19.8. The van der Waals surface area contributed by atoms with Crippen molar-refractivity contribution in [2.75, 3.05) is 33.8 Å². The Hall–Kier alpha value is -3.32. The van der Waals surface area contributed by atoms with Crippen LogP contribution in [-0.4, -0.2) is 60.4 Å². The number of nitrogens with zero attached hydrogens (tertiary/aromatic N) is 3. The van der Waals surface area contributed by atoms with Gasteiger partial charge in [-0.1, -0.05) is 36.4 Å². The lowest BCUT2D eigenvalue weighted by molar-refractivity contribution is -0.139. The van der Waals surface area contributed by atoms with Crippen LogP contribution in [-0.2, 0) is 16.0 Å². The van der Waals surface area contributed by atoms with Crippen LogP contribution in [0.2, 0.25) is 0 Å². The van der Waals surface area contributed by atoms with Crippen molar-refractivity contribution in [2.45, 2.75) is 18.9 Å². The van der Waals surface area contributed by atoms with Gasteiger partial charge < -0.3 is 14.5 Å². The molecule has 0 N–H and O–H groups in total. The van der Waals surface area contributed by atoms with Crippen LogP contribution in [0.4, 0.5) is 4.39 Å². The average Bonchev–Trinajstić information content (AvgIpc) is 2.82. The number of fused-ring (bicyclic) bond motifs is 1. The number of pyridine rings is 1. The first-order valence-electron chi connectivity index (χ1n) is 10.7. The largest absolute Gasteiger partial charge is 0.368 e. The van der Waals surface area contributed by atoms with Gasteiger partial charge in [0.15, 0.2) is 0 Å². The Bertz CT molecular complexity index is 1150. The fourth-order valence-corrected chi connectivity index (χ4v) is 3.93. The summed E-state index contributed by atoms with van der Waals surface area (Å²) >= 11 is 0. The minimum atomic E-state index is -0.431. The number of hydrogen-bond acceptors (Lipinski definition) is 4. The van der Waals surface area contributed by atoms with E-state index in [9.17, 15) is 14.0 Å². The maximum absolute atomic E-state index is 13.9. The highest BCUT2D eigenvalue weighted by molar-refractivity contribution is 6.06. The molecule has 7 heteroatoms. The summed E-state index contributed by atoms with van der Waals surface area (Å²) in [5.41, 5.74) is 2.43. The Kier molecular flexibility index (Phi) is 6.46. The molecule has 1 aliphatic heterocycles. The number of carbonyl (C=O) groups is 2. The number of aromatic nitrogens is 1. The Morgan fingerprint density at radius 1 is 1.16 bits per heavy atom. The second kappa shape index (κ2) is 9.44. The summed E-state index contributed by atoms with van der Waals surface area (Å²) in [4.78, 5) is 33.6. The van der Waals surface area contributed by atoms with E-state index in [4.69, 9.17) is 9.72 Å². The van der Waals surface area contributed by atoms with Gasteiger partial charge in [-0.2, -0.15) is 0 Å². The average molecular weight is 435 g/mol. The number of benzene rings is 2. The maximum atomic E-state index is 13.9. The van der Waals surface area contributed by atoms with Crippen LogP contribution >= 0.6 is 0 Å². The van der Waals surface area contributed by atoms with Crippen molar-refractivity contribution in [3.05, 3.63) is 77.2 Å². The summed E-state index contributed by atoms with van der Waals surface area (Å²) in [5.74, 6) is -0.455. The number of morpholine rings is 1. The predicted octanol–water partition coefficient (Wildman–Crippen LogP) is 3.61. The van der Waals surface area contributed by atoms with E-state index in [0.717, 1.165) is 5.39 Å². The Morgan fingerprint density at radius 3 is 2.69 bits per heavy atom. The normalized spacial score (nSPS) is 16.2. The van der Waals surface area contributed by atoms with Crippen molar-refractivity contribution >= 4 is 22.7 Å². The number of hydrogen-bond donors (Lipinski definition) is 0. The standard InChI is InChI=1S/C25H26FN3O3/c1-28(2)25(31)19-15-22(27-21-10-6-4-8-18(19)21)23-16-29(13-14-32-23)24(30)12-11-17-7-3-5-9-20(17)26/h3-10,15,23H,11-14,16H2,1-2H3/t23-/m1/s1. The van der Waals surface area contributed by atoms with Gasteiger partial charge in [-0.05, 0) is 30.2 Å². The Balaban J connectivity index is 1.53. The fourth-order valence-electron chi connectivity index (χ4n) is 3.93. The Morgan fingerprint density at radius 2 is 1.91 bits per heavy atom. The fraction of sp³-hybridized carbons (Fsp3) is 0.320.